The Morgan fingerprint density at radius 3 is 2.62 bits per heavy atom. The molecule has 1 saturated heterocycles. The van der Waals surface area contributed by atoms with Gasteiger partial charge in [-0.2, -0.15) is 9.97 Å². The summed E-state index contributed by atoms with van der Waals surface area (Å²) in [7, 11) is 1.36. The second-order valence-corrected chi connectivity index (χ2v) is 10.6. The Balaban J connectivity index is 1.32. The van der Waals surface area contributed by atoms with E-state index < -0.39 is 23.4 Å². The molecule has 10 nitrogen and oxygen atoms in total. The van der Waals surface area contributed by atoms with Gasteiger partial charge in [0.25, 0.3) is 5.91 Å². The molecule has 1 aliphatic rings. The van der Waals surface area contributed by atoms with E-state index in [1.54, 1.807) is 5.38 Å². The van der Waals surface area contributed by atoms with Gasteiger partial charge in [0.1, 0.15) is 27.9 Å². The molecule has 4 aromatic heterocycles. The molecule has 204 valence electrons. The van der Waals surface area contributed by atoms with Crippen molar-refractivity contribution in [3.63, 3.8) is 0 Å². The molecule has 1 fully saturated rings. The topological polar surface area (TPSA) is 123 Å². The number of piperazine rings is 1. The fourth-order valence-corrected chi connectivity index (χ4v) is 5.79. The number of fused-ring (bicyclic) bond motifs is 2. The molecule has 1 aromatic carbocycles. The molecule has 5 aromatic rings. The number of benzene rings is 1. The molecule has 0 bridgehead atoms. The normalized spacial score (nSPS) is 14.3. The number of hydrogen-bond donors (Lipinski definition) is 1. The van der Waals surface area contributed by atoms with Gasteiger partial charge in [0.15, 0.2) is 16.8 Å². The van der Waals surface area contributed by atoms with Crippen LogP contribution in [0.25, 0.3) is 38.5 Å². The summed E-state index contributed by atoms with van der Waals surface area (Å²) < 4.78 is 50.3. The zero-order valence-corrected chi connectivity index (χ0v) is 22.4. The number of rotatable bonds is 5. The van der Waals surface area contributed by atoms with E-state index in [1.807, 2.05) is 4.90 Å². The van der Waals surface area contributed by atoms with Crippen molar-refractivity contribution in [2.24, 2.45) is 0 Å². The van der Waals surface area contributed by atoms with Gasteiger partial charge in [0.2, 0.25) is 0 Å². The zero-order valence-electron chi connectivity index (χ0n) is 20.8. The highest BCUT2D eigenvalue weighted by molar-refractivity contribution is 7.22. The summed E-state index contributed by atoms with van der Waals surface area (Å²) in [5, 5.41) is 2.55. The number of ether oxygens (including phenoxy) is 1. The van der Waals surface area contributed by atoms with Crippen LogP contribution in [0.2, 0.25) is 0 Å². The molecule has 5 heterocycles. The van der Waals surface area contributed by atoms with Gasteiger partial charge in [0, 0.05) is 55.6 Å². The van der Waals surface area contributed by atoms with Crippen molar-refractivity contribution in [2.45, 2.75) is 0 Å². The molecule has 40 heavy (non-hydrogen) atoms. The average Bonchev–Trinajstić information content (AvgIpc) is 3.63. The number of carbonyl (C=O) groups excluding carboxylic acids is 1. The van der Waals surface area contributed by atoms with Crippen LogP contribution in [0.15, 0.2) is 35.7 Å². The van der Waals surface area contributed by atoms with E-state index in [0.717, 1.165) is 17.4 Å². The third-order valence-corrected chi connectivity index (χ3v) is 7.98. The van der Waals surface area contributed by atoms with E-state index in [9.17, 15) is 13.6 Å². The Morgan fingerprint density at radius 2 is 1.90 bits per heavy atom. The van der Waals surface area contributed by atoms with Crippen molar-refractivity contribution in [2.75, 3.05) is 43.9 Å². The molecule has 1 aliphatic heterocycles. The fraction of sp³-hybridized carbons (Fsp3) is 0.200. The highest BCUT2D eigenvalue weighted by Crippen LogP contribution is 2.37. The van der Waals surface area contributed by atoms with Gasteiger partial charge >= 0.3 is 6.01 Å². The van der Waals surface area contributed by atoms with Crippen molar-refractivity contribution in [1.82, 2.24) is 29.8 Å². The maximum Gasteiger partial charge on any atom is 0.318 e. The predicted octanol–water partition coefficient (Wildman–Crippen LogP) is 4.29. The summed E-state index contributed by atoms with van der Waals surface area (Å²) in [6.45, 7) is 1.01. The number of nitrogen functional groups attached to an aromatic ring is 1. The van der Waals surface area contributed by atoms with Gasteiger partial charge in [0.05, 0.1) is 22.7 Å². The molecule has 0 atom stereocenters. The molecule has 6 rings (SSSR count). The van der Waals surface area contributed by atoms with Gasteiger partial charge in [-0.3, -0.25) is 9.78 Å². The van der Waals surface area contributed by atoms with E-state index in [2.05, 4.69) is 24.9 Å². The number of methoxy groups -OCH3 is 1. The molecule has 0 saturated carbocycles. The minimum absolute atomic E-state index is 0.0524. The second-order valence-electron chi connectivity index (χ2n) is 8.68. The Labute approximate surface area is 232 Å². The van der Waals surface area contributed by atoms with Gasteiger partial charge in [-0.25, -0.2) is 23.1 Å². The highest BCUT2D eigenvalue weighted by atomic mass is 32.1. The quantitative estimate of drug-likeness (QED) is 0.302. The van der Waals surface area contributed by atoms with Crippen LogP contribution < -0.4 is 15.4 Å². The van der Waals surface area contributed by atoms with Crippen LogP contribution in [0.1, 0.15) is 5.01 Å². The van der Waals surface area contributed by atoms with Crippen molar-refractivity contribution in [1.29, 1.82) is 0 Å². The van der Waals surface area contributed by atoms with Gasteiger partial charge in [-0.1, -0.05) is 11.3 Å². The number of aromatic nitrogens is 5. The Bertz CT molecular complexity index is 1790. The maximum atomic E-state index is 16.0. The van der Waals surface area contributed by atoms with Crippen molar-refractivity contribution in [3.05, 3.63) is 52.4 Å². The first kappa shape index (κ1) is 25.9. The Hall–Kier alpha value is -4.37. The Morgan fingerprint density at radius 1 is 1.10 bits per heavy atom. The lowest BCUT2D eigenvalue weighted by atomic mass is 10.1. The lowest BCUT2D eigenvalue weighted by molar-refractivity contribution is -0.128. The van der Waals surface area contributed by atoms with Crippen molar-refractivity contribution >= 4 is 66.7 Å². The fourth-order valence-electron chi connectivity index (χ4n) is 4.47. The minimum Gasteiger partial charge on any atom is -0.467 e. The average molecular weight is 585 g/mol. The standard InChI is InChI=1S/C25H19F3N8O2S2/c1-38-25-33-19-13(11-31-18(17(19)28)12-2-3-14(26)21-20(12)32-24(29)40-21)22(34-25)35-5-7-36(8-6-35)23(37)15(27)10-16-30-4-9-39-16/h2-4,9-11H,5-8H2,1H3,(H2,29,32)/b15-10-. The first-order chi connectivity index (χ1) is 19.3. The number of amides is 1. The number of anilines is 2. The lowest BCUT2D eigenvalue weighted by Crippen LogP contribution is -2.49. The molecule has 0 spiro atoms. The third kappa shape index (κ3) is 4.56. The SMILES string of the molecule is COc1nc(N2CCN(C(=O)/C(F)=C/c3nccs3)CC2)c2cnc(-c3ccc(F)c4sc(N)nc34)c(F)c2n1. The smallest absolute Gasteiger partial charge is 0.318 e. The van der Waals surface area contributed by atoms with Crippen molar-refractivity contribution in [3.8, 4) is 17.3 Å². The number of hydrogen-bond acceptors (Lipinski definition) is 11. The van der Waals surface area contributed by atoms with Crippen LogP contribution in [-0.2, 0) is 4.79 Å². The largest absolute Gasteiger partial charge is 0.467 e. The Kier molecular flexibility index (Phi) is 6.67. The summed E-state index contributed by atoms with van der Waals surface area (Å²) in [5.41, 5.74) is 6.12. The van der Waals surface area contributed by atoms with E-state index in [-0.39, 0.29) is 51.2 Å². The number of nitrogens with zero attached hydrogens (tertiary/aromatic N) is 7. The second kappa shape index (κ2) is 10.3. The first-order valence-corrected chi connectivity index (χ1v) is 13.6. The lowest BCUT2D eigenvalue weighted by Gasteiger charge is -2.35. The van der Waals surface area contributed by atoms with Crippen LogP contribution in [0.4, 0.5) is 24.1 Å². The van der Waals surface area contributed by atoms with Gasteiger partial charge in [-0.15, -0.1) is 11.3 Å². The van der Waals surface area contributed by atoms with Gasteiger partial charge in [-0.05, 0) is 12.1 Å². The summed E-state index contributed by atoms with van der Waals surface area (Å²) in [5.74, 6) is -2.55. The number of halogens is 3. The predicted molar refractivity (Wildman–Crippen MR) is 147 cm³/mol. The molecular weight excluding hydrogens is 565 g/mol. The summed E-state index contributed by atoms with van der Waals surface area (Å²) >= 11 is 2.19. The maximum absolute atomic E-state index is 16.0. The van der Waals surface area contributed by atoms with E-state index in [0.29, 0.717) is 29.3 Å². The van der Waals surface area contributed by atoms with Crippen LogP contribution in [0, 0.1) is 11.6 Å². The summed E-state index contributed by atoms with van der Waals surface area (Å²) in [6.07, 6.45) is 4.08. The summed E-state index contributed by atoms with van der Waals surface area (Å²) in [4.78, 5) is 36.9. The number of carbonyl (C=O) groups is 1. The van der Waals surface area contributed by atoms with Crippen LogP contribution >= 0.6 is 22.7 Å². The third-order valence-electron chi connectivity index (χ3n) is 6.37. The molecule has 0 aliphatic carbocycles. The summed E-state index contributed by atoms with van der Waals surface area (Å²) in [6, 6.07) is 2.53. The minimum atomic E-state index is -0.895. The molecule has 1 amide bonds. The van der Waals surface area contributed by atoms with Crippen LogP contribution in [-0.4, -0.2) is 69.0 Å². The van der Waals surface area contributed by atoms with E-state index >= 15 is 4.39 Å². The number of nitrogens with two attached hydrogens (primary N) is 1. The highest BCUT2D eigenvalue weighted by Gasteiger charge is 2.28. The monoisotopic (exact) mass is 584 g/mol. The number of thiazole rings is 2. The van der Waals surface area contributed by atoms with E-state index in [4.69, 9.17) is 10.5 Å². The van der Waals surface area contributed by atoms with E-state index in [1.165, 1.54) is 47.9 Å². The van der Waals surface area contributed by atoms with Crippen LogP contribution in [0.5, 0.6) is 6.01 Å². The molecule has 0 unspecified atom stereocenters. The van der Waals surface area contributed by atoms with Crippen LogP contribution in [0.3, 0.4) is 0 Å². The van der Waals surface area contributed by atoms with Crippen molar-refractivity contribution < 1.29 is 22.7 Å². The molecule has 2 N–H and O–H groups in total. The van der Waals surface area contributed by atoms with Gasteiger partial charge < -0.3 is 20.3 Å². The molecular formula is C25H19F3N8O2S2. The zero-order chi connectivity index (χ0) is 28.0. The first-order valence-electron chi connectivity index (χ1n) is 11.9. The number of pyridine rings is 1. The molecule has 15 heteroatoms. The molecule has 0 radical (unpaired) electrons.